The third-order valence-electron chi connectivity index (χ3n) is 4.03. The van der Waals surface area contributed by atoms with Crippen LogP contribution in [0.4, 0.5) is 5.13 Å². The second-order valence-corrected chi connectivity index (χ2v) is 8.80. The number of aromatic nitrogens is 1. The molecule has 0 aliphatic carbocycles. The van der Waals surface area contributed by atoms with Crippen molar-refractivity contribution >= 4 is 32.4 Å². The van der Waals surface area contributed by atoms with Crippen LogP contribution in [0.1, 0.15) is 20.9 Å². The minimum Gasteiger partial charge on any atom is -0.493 e. The highest BCUT2D eigenvalue weighted by Gasteiger charge is 2.27. The van der Waals surface area contributed by atoms with Gasteiger partial charge in [-0.3, -0.25) is 10.1 Å². The molecule has 1 amide bonds. The van der Waals surface area contributed by atoms with Crippen LogP contribution >= 0.6 is 11.3 Å². The van der Waals surface area contributed by atoms with E-state index in [9.17, 15) is 13.2 Å². The number of carbonyl (C=O) groups is 1. The number of thiazole rings is 1. The Morgan fingerprint density at radius 2 is 2.08 bits per heavy atom. The molecule has 8 nitrogen and oxygen atoms in total. The number of ether oxygens (including phenoxy) is 2. The maximum absolute atomic E-state index is 12.6. The maximum Gasteiger partial charge on any atom is 0.261 e. The predicted molar refractivity (Wildman–Crippen MR) is 98.6 cm³/mol. The zero-order valence-electron chi connectivity index (χ0n) is 14.6. The number of fused-ring (bicyclic) bond motifs is 1. The summed E-state index contributed by atoms with van der Waals surface area (Å²) in [6.07, 6.45) is 1.72. The first-order valence-corrected chi connectivity index (χ1v) is 10.5. The topological polar surface area (TPSA) is 97.8 Å². The molecule has 3 rings (SSSR count). The highest BCUT2D eigenvalue weighted by molar-refractivity contribution is 7.88. The fourth-order valence-electron chi connectivity index (χ4n) is 2.74. The molecular formula is C16H19N3O5S2. The molecule has 10 heteroatoms. The molecule has 140 valence electrons. The van der Waals surface area contributed by atoms with Crippen LogP contribution in [0.15, 0.2) is 18.2 Å². The third-order valence-corrected chi connectivity index (χ3v) is 6.28. The number of amides is 1. The van der Waals surface area contributed by atoms with Crippen LogP contribution < -0.4 is 14.8 Å². The van der Waals surface area contributed by atoms with Crippen LogP contribution in [0.3, 0.4) is 0 Å². The molecule has 2 aromatic rings. The Morgan fingerprint density at radius 1 is 1.31 bits per heavy atom. The highest BCUT2D eigenvalue weighted by Crippen LogP contribution is 2.33. The number of para-hydroxylation sites is 1. The molecule has 0 bridgehead atoms. The summed E-state index contributed by atoms with van der Waals surface area (Å²) < 4.78 is 35.3. The summed E-state index contributed by atoms with van der Waals surface area (Å²) in [5, 5.41) is 3.19. The summed E-state index contributed by atoms with van der Waals surface area (Å²) in [5.41, 5.74) is 1.15. The zero-order valence-corrected chi connectivity index (χ0v) is 16.2. The molecule has 2 heterocycles. The molecular weight excluding hydrogens is 378 g/mol. The highest BCUT2D eigenvalue weighted by atomic mass is 32.2. The summed E-state index contributed by atoms with van der Waals surface area (Å²) in [6, 6.07) is 5.04. The summed E-state index contributed by atoms with van der Waals surface area (Å²) in [5.74, 6) is 0.436. The van der Waals surface area contributed by atoms with Crippen molar-refractivity contribution < 1.29 is 22.7 Å². The molecule has 1 aromatic heterocycles. The molecule has 1 aliphatic heterocycles. The lowest BCUT2D eigenvalue weighted by Gasteiger charge is -2.23. The number of hydrogen-bond acceptors (Lipinski definition) is 7. The Kier molecular flexibility index (Phi) is 5.17. The summed E-state index contributed by atoms with van der Waals surface area (Å²) in [7, 11) is -0.277. The molecule has 26 heavy (non-hydrogen) atoms. The first-order chi connectivity index (χ1) is 12.3. The van der Waals surface area contributed by atoms with Gasteiger partial charge >= 0.3 is 0 Å². The number of sulfonamides is 1. The smallest absolute Gasteiger partial charge is 0.261 e. The van der Waals surface area contributed by atoms with E-state index in [0.29, 0.717) is 35.2 Å². The van der Waals surface area contributed by atoms with E-state index in [1.165, 1.54) is 36.1 Å². The van der Waals surface area contributed by atoms with E-state index in [1.807, 2.05) is 0 Å². The van der Waals surface area contributed by atoms with E-state index in [1.54, 1.807) is 18.2 Å². The Balaban J connectivity index is 1.81. The number of carbonyl (C=O) groups excluding carboxylic acids is 1. The summed E-state index contributed by atoms with van der Waals surface area (Å²) in [6.45, 7) is 0.677. The minimum atomic E-state index is -3.25. The van der Waals surface area contributed by atoms with Crippen molar-refractivity contribution in [2.24, 2.45) is 0 Å². The summed E-state index contributed by atoms with van der Waals surface area (Å²) in [4.78, 5) is 17.9. The molecule has 0 radical (unpaired) electrons. The Hall–Kier alpha value is -2.17. The number of nitrogens with zero attached hydrogens (tertiary/aromatic N) is 2. The minimum absolute atomic E-state index is 0.282. The van der Waals surface area contributed by atoms with Crippen LogP contribution in [0, 0.1) is 0 Å². The van der Waals surface area contributed by atoms with Gasteiger partial charge in [-0.15, -0.1) is 11.3 Å². The number of methoxy groups -OCH3 is 2. The van der Waals surface area contributed by atoms with Crippen molar-refractivity contribution in [3.63, 3.8) is 0 Å². The Morgan fingerprint density at radius 3 is 2.73 bits per heavy atom. The average molecular weight is 397 g/mol. The zero-order chi connectivity index (χ0) is 18.9. The molecule has 1 aliphatic rings. The van der Waals surface area contributed by atoms with Crippen LogP contribution in [0.25, 0.3) is 0 Å². The molecule has 0 atom stereocenters. The lowest BCUT2D eigenvalue weighted by Crippen LogP contribution is -2.34. The van der Waals surface area contributed by atoms with Crippen molar-refractivity contribution in [1.29, 1.82) is 0 Å². The molecule has 1 N–H and O–H groups in total. The fourth-order valence-corrected chi connectivity index (χ4v) is 4.63. The van der Waals surface area contributed by atoms with E-state index >= 15 is 0 Å². The normalized spacial score (nSPS) is 14.6. The van der Waals surface area contributed by atoms with E-state index in [-0.39, 0.29) is 12.5 Å². The van der Waals surface area contributed by atoms with Gasteiger partial charge in [-0.1, -0.05) is 6.07 Å². The van der Waals surface area contributed by atoms with Gasteiger partial charge in [0.1, 0.15) is 0 Å². The number of rotatable bonds is 5. The van der Waals surface area contributed by atoms with Gasteiger partial charge in [0.15, 0.2) is 16.6 Å². The molecule has 1 aromatic carbocycles. The number of anilines is 1. The number of benzene rings is 1. The van der Waals surface area contributed by atoms with Gasteiger partial charge in [-0.2, -0.15) is 4.31 Å². The van der Waals surface area contributed by atoms with Crippen LogP contribution in [0.5, 0.6) is 11.5 Å². The van der Waals surface area contributed by atoms with Gasteiger partial charge in [0.2, 0.25) is 10.0 Å². The predicted octanol–water partition coefficient (Wildman–Crippen LogP) is 1.73. The largest absolute Gasteiger partial charge is 0.493 e. The van der Waals surface area contributed by atoms with Gasteiger partial charge in [0.05, 0.1) is 31.7 Å². The second-order valence-electron chi connectivity index (χ2n) is 5.73. The lowest BCUT2D eigenvalue weighted by molar-refractivity contribution is 0.102. The van der Waals surface area contributed by atoms with E-state index < -0.39 is 10.0 Å². The number of hydrogen-bond donors (Lipinski definition) is 1. The van der Waals surface area contributed by atoms with E-state index in [2.05, 4.69) is 10.3 Å². The van der Waals surface area contributed by atoms with Crippen molar-refractivity contribution in [3.8, 4) is 11.5 Å². The Labute approximate surface area is 155 Å². The van der Waals surface area contributed by atoms with Crippen LogP contribution in [-0.2, 0) is 23.0 Å². The first kappa shape index (κ1) is 18.6. The first-order valence-electron chi connectivity index (χ1n) is 7.79. The average Bonchev–Trinajstić information content (AvgIpc) is 3.01. The maximum atomic E-state index is 12.6. The standard InChI is InChI=1S/C16H19N3O5S2/c1-23-12-6-4-5-10(14(12)24-2)15(20)18-16-17-11-7-8-19(26(3,21)22)9-13(11)25-16/h4-6H,7-9H2,1-3H3,(H,17,18,20). The molecule has 0 unspecified atom stereocenters. The van der Waals surface area contributed by atoms with Gasteiger partial charge < -0.3 is 9.47 Å². The van der Waals surface area contributed by atoms with Gasteiger partial charge in [-0.05, 0) is 12.1 Å². The molecule has 0 saturated carbocycles. The molecule has 0 saturated heterocycles. The van der Waals surface area contributed by atoms with Crippen molar-refractivity contribution in [2.45, 2.75) is 13.0 Å². The third kappa shape index (κ3) is 3.67. The SMILES string of the molecule is COc1cccc(C(=O)Nc2nc3c(s2)CN(S(C)(=O)=O)CC3)c1OC. The molecule has 0 fully saturated rings. The van der Waals surface area contributed by atoms with Crippen LogP contribution in [0.2, 0.25) is 0 Å². The quantitative estimate of drug-likeness (QED) is 0.825. The van der Waals surface area contributed by atoms with Gasteiger partial charge in [0.25, 0.3) is 5.91 Å². The Bertz CT molecular complexity index is 939. The van der Waals surface area contributed by atoms with E-state index in [0.717, 1.165) is 10.6 Å². The van der Waals surface area contributed by atoms with Crippen molar-refractivity contribution in [1.82, 2.24) is 9.29 Å². The van der Waals surface area contributed by atoms with Gasteiger partial charge in [0, 0.05) is 24.4 Å². The van der Waals surface area contributed by atoms with E-state index in [4.69, 9.17) is 9.47 Å². The fraction of sp³-hybridized carbons (Fsp3) is 0.375. The van der Waals surface area contributed by atoms with Crippen molar-refractivity contribution in [3.05, 3.63) is 34.3 Å². The van der Waals surface area contributed by atoms with Crippen molar-refractivity contribution in [2.75, 3.05) is 32.3 Å². The molecule has 0 spiro atoms. The van der Waals surface area contributed by atoms with Gasteiger partial charge in [-0.25, -0.2) is 13.4 Å². The monoisotopic (exact) mass is 397 g/mol. The lowest BCUT2D eigenvalue weighted by atomic mass is 10.1. The summed E-state index contributed by atoms with van der Waals surface area (Å²) >= 11 is 1.28. The second kappa shape index (κ2) is 7.22. The van der Waals surface area contributed by atoms with Crippen LogP contribution in [-0.4, -0.2) is 50.6 Å². The number of nitrogens with one attached hydrogen (secondary N) is 1.